The second-order valence-corrected chi connectivity index (χ2v) is 4.30. The van der Waals surface area contributed by atoms with Gasteiger partial charge in [0.05, 0.1) is 25.0 Å². The van der Waals surface area contributed by atoms with Crippen molar-refractivity contribution in [3.05, 3.63) is 11.9 Å². The summed E-state index contributed by atoms with van der Waals surface area (Å²) in [4.78, 5) is 0. The fourth-order valence-electron chi connectivity index (χ4n) is 2.13. The third-order valence-electron chi connectivity index (χ3n) is 3.02. The number of ether oxygens (including phenoxy) is 2. The quantitative estimate of drug-likeness (QED) is 0.686. The van der Waals surface area contributed by atoms with Crippen LogP contribution in [0.25, 0.3) is 0 Å². The molecule has 0 bridgehead atoms. The Bertz CT molecular complexity index is 339. The summed E-state index contributed by atoms with van der Waals surface area (Å²) in [7, 11) is 5.40. The van der Waals surface area contributed by atoms with Crippen LogP contribution in [0.1, 0.15) is 37.9 Å². The molecular formula is C13H25N3O2. The van der Waals surface area contributed by atoms with Gasteiger partial charge in [0, 0.05) is 20.3 Å². The van der Waals surface area contributed by atoms with E-state index in [1.54, 1.807) is 20.4 Å². The normalized spacial score (nSPS) is 12.7. The van der Waals surface area contributed by atoms with Gasteiger partial charge >= 0.3 is 0 Å². The van der Waals surface area contributed by atoms with E-state index in [1.807, 2.05) is 11.7 Å². The number of hydrogen-bond acceptors (Lipinski definition) is 4. The lowest BCUT2D eigenvalue weighted by Crippen LogP contribution is -2.21. The van der Waals surface area contributed by atoms with Gasteiger partial charge in [0.2, 0.25) is 0 Å². The van der Waals surface area contributed by atoms with Crippen LogP contribution >= 0.6 is 0 Å². The van der Waals surface area contributed by atoms with Gasteiger partial charge in [-0.1, -0.05) is 6.92 Å². The Balaban J connectivity index is 2.83. The Morgan fingerprint density at radius 3 is 2.78 bits per heavy atom. The van der Waals surface area contributed by atoms with Crippen LogP contribution < -0.4 is 10.1 Å². The highest BCUT2D eigenvalue weighted by Gasteiger charge is 2.19. The summed E-state index contributed by atoms with van der Waals surface area (Å²) in [6.07, 6.45) is 4.89. The van der Waals surface area contributed by atoms with Crippen molar-refractivity contribution < 1.29 is 9.47 Å². The van der Waals surface area contributed by atoms with Gasteiger partial charge in [-0.05, 0) is 26.3 Å². The van der Waals surface area contributed by atoms with E-state index >= 15 is 0 Å². The van der Waals surface area contributed by atoms with Crippen LogP contribution in [0.4, 0.5) is 0 Å². The third-order valence-corrected chi connectivity index (χ3v) is 3.02. The van der Waals surface area contributed by atoms with Gasteiger partial charge in [0.25, 0.3) is 0 Å². The number of methoxy groups -OCH3 is 2. The van der Waals surface area contributed by atoms with E-state index in [0.717, 1.165) is 43.9 Å². The van der Waals surface area contributed by atoms with Crippen molar-refractivity contribution in [1.29, 1.82) is 0 Å². The first-order chi connectivity index (χ1) is 8.78. The van der Waals surface area contributed by atoms with Crippen LogP contribution in [0, 0.1) is 0 Å². The summed E-state index contributed by atoms with van der Waals surface area (Å²) in [6.45, 7) is 3.85. The number of nitrogens with one attached hydrogen (secondary N) is 1. The molecule has 0 aliphatic heterocycles. The van der Waals surface area contributed by atoms with Crippen molar-refractivity contribution in [2.24, 2.45) is 0 Å². The van der Waals surface area contributed by atoms with Crippen molar-refractivity contribution in [3.63, 3.8) is 0 Å². The lowest BCUT2D eigenvalue weighted by atomic mass is 10.1. The van der Waals surface area contributed by atoms with Gasteiger partial charge in [0.15, 0.2) is 5.75 Å². The maximum absolute atomic E-state index is 5.41. The molecule has 18 heavy (non-hydrogen) atoms. The molecular weight excluding hydrogens is 230 g/mol. The van der Waals surface area contributed by atoms with E-state index in [9.17, 15) is 0 Å². The van der Waals surface area contributed by atoms with E-state index < -0.39 is 0 Å². The maximum Gasteiger partial charge on any atom is 0.161 e. The molecule has 0 aliphatic carbocycles. The lowest BCUT2D eigenvalue weighted by molar-refractivity contribution is 0.188. The minimum absolute atomic E-state index is 0.254. The fourth-order valence-corrected chi connectivity index (χ4v) is 2.13. The SMILES string of the molecule is CCCn1ncc(OC)c1C(CCCOC)NC. The first-order valence-corrected chi connectivity index (χ1v) is 6.54. The van der Waals surface area contributed by atoms with Gasteiger partial charge in [0.1, 0.15) is 0 Å². The summed E-state index contributed by atoms with van der Waals surface area (Å²) < 4.78 is 12.5. The standard InChI is InChI=1S/C13H25N3O2/c1-5-8-16-13(12(18-4)10-15-16)11(14-2)7-6-9-17-3/h10-11,14H,5-9H2,1-4H3. The number of aromatic nitrogens is 2. The zero-order valence-corrected chi connectivity index (χ0v) is 11.9. The Labute approximate surface area is 109 Å². The lowest BCUT2D eigenvalue weighted by Gasteiger charge is -2.19. The van der Waals surface area contributed by atoms with E-state index in [-0.39, 0.29) is 6.04 Å². The molecule has 1 aromatic rings. The highest BCUT2D eigenvalue weighted by Crippen LogP contribution is 2.28. The molecule has 0 aliphatic rings. The molecule has 0 spiro atoms. The first-order valence-electron chi connectivity index (χ1n) is 6.54. The second kappa shape index (κ2) is 8.11. The Kier molecular flexibility index (Phi) is 6.75. The molecule has 1 unspecified atom stereocenters. The number of nitrogens with zero attached hydrogens (tertiary/aromatic N) is 2. The predicted molar refractivity (Wildman–Crippen MR) is 72.0 cm³/mol. The summed E-state index contributed by atoms with van der Waals surface area (Å²) in [6, 6.07) is 0.254. The molecule has 104 valence electrons. The minimum atomic E-state index is 0.254. The Hall–Kier alpha value is -1.07. The number of aryl methyl sites for hydroxylation is 1. The van der Waals surface area contributed by atoms with Crippen molar-refractivity contribution in [3.8, 4) is 5.75 Å². The molecule has 0 radical (unpaired) electrons. The maximum atomic E-state index is 5.41. The molecule has 0 aromatic carbocycles. The molecule has 1 heterocycles. The molecule has 1 atom stereocenters. The first kappa shape index (κ1) is 15.0. The summed E-state index contributed by atoms with van der Waals surface area (Å²) >= 11 is 0. The van der Waals surface area contributed by atoms with Crippen LogP contribution in [-0.4, -0.2) is 37.7 Å². The topological polar surface area (TPSA) is 48.3 Å². The monoisotopic (exact) mass is 255 g/mol. The molecule has 5 nitrogen and oxygen atoms in total. The van der Waals surface area contributed by atoms with Crippen LogP contribution in [0.2, 0.25) is 0 Å². The molecule has 0 saturated carbocycles. The van der Waals surface area contributed by atoms with Crippen molar-refractivity contribution in [2.75, 3.05) is 27.9 Å². The van der Waals surface area contributed by atoms with E-state index in [2.05, 4.69) is 17.3 Å². The van der Waals surface area contributed by atoms with E-state index in [0.29, 0.717) is 0 Å². The second-order valence-electron chi connectivity index (χ2n) is 4.30. The zero-order valence-electron chi connectivity index (χ0n) is 11.9. The van der Waals surface area contributed by atoms with Crippen LogP contribution in [0.3, 0.4) is 0 Å². The van der Waals surface area contributed by atoms with Gasteiger partial charge in [-0.3, -0.25) is 4.68 Å². The highest BCUT2D eigenvalue weighted by atomic mass is 16.5. The number of hydrogen-bond donors (Lipinski definition) is 1. The average molecular weight is 255 g/mol. The summed E-state index contributed by atoms with van der Waals surface area (Å²) in [5, 5.41) is 7.73. The summed E-state index contributed by atoms with van der Waals surface area (Å²) in [5.74, 6) is 0.861. The van der Waals surface area contributed by atoms with Crippen LogP contribution in [-0.2, 0) is 11.3 Å². The van der Waals surface area contributed by atoms with Crippen LogP contribution in [0.5, 0.6) is 5.75 Å². The van der Waals surface area contributed by atoms with Gasteiger partial charge in [-0.2, -0.15) is 5.10 Å². The third kappa shape index (κ3) is 3.71. The van der Waals surface area contributed by atoms with Gasteiger partial charge in [-0.25, -0.2) is 0 Å². The highest BCUT2D eigenvalue weighted by molar-refractivity contribution is 5.28. The van der Waals surface area contributed by atoms with E-state index in [1.165, 1.54) is 0 Å². The largest absolute Gasteiger partial charge is 0.493 e. The molecule has 0 saturated heterocycles. The Morgan fingerprint density at radius 1 is 1.44 bits per heavy atom. The van der Waals surface area contributed by atoms with Crippen molar-refractivity contribution in [2.45, 2.75) is 38.8 Å². The molecule has 1 N–H and O–H groups in total. The molecule has 5 heteroatoms. The minimum Gasteiger partial charge on any atom is -0.493 e. The molecule has 0 fully saturated rings. The van der Waals surface area contributed by atoms with Gasteiger partial charge < -0.3 is 14.8 Å². The average Bonchev–Trinajstić information content (AvgIpc) is 2.78. The molecule has 1 aromatic heterocycles. The van der Waals surface area contributed by atoms with E-state index in [4.69, 9.17) is 9.47 Å². The van der Waals surface area contributed by atoms with Crippen molar-refractivity contribution >= 4 is 0 Å². The smallest absolute Gasteiger partial charge is 0.161 e. The molecule has 1 rings (SSSR count). The number of rotatable bonds is 9. The van der Waals surface area contributed by atoms with Crippen LogP contribution in [0.15, 0.2) is 6.20 Å². The van der Waals surface area contributed by atoms with Gasteiger partial charge in [-0.15, -0.1) is 0 Å². The predicted octanol–water partition coefficient (Wildman–Crippen LogP) is 1.99. The Morgan fingerprint density at radius 2 is 2.22 bits per heavy atom. The fraction of sp³-hybridized carbons (Fsp3) is 0.769. The zero-order chi connectivity index (χ0) is 13.4. The van der Waals surface area contributed by atoms with Crippen molar-refractivity contribution in [1.82, 2.24) is 15.1 Å². The summed E-state index contributed by atoms with van der Waals surface area (Å²) in [5.41, 5.74) is 1.14. The molecule has 0 amide bonds.